The SMILES string of the molecule is COC(=O)c1cc(-c2ccc(-c3cccc(NC(C)=O)c3)cc2C)n(-c2c(Cl)cccc2Cl)n1. The molecule has 0 fully saturated rings. The molecular formula is C26H21Cl2N3O3. The zero-order chi connectivity index (χ0) is 24.4. The molecule has 0 saturated carbocycles. The quantitative estimate of drug-likeness (QED) is 0.319. The number of rotatable bonds is 5. The van der Waals surface area contributed by atoms with Crippen LogP contribution in [0, 0.1) is 6.92 Å². The molecule has 1 aromatic heterocycles. The van der Waals surface area contributed by atoms with Crippen molar-refractivity contribution in [1.82, 2.24) is 9.78 Å². The molecule has 0 radical (unpaired) electrons. The van der Waals surface area contributed by atoms with Crippen LogP contribution in [-0.2, 0) is 9.53 Å². The maximum Gasteiger partial charge on any atom is 0.358 e. The summed E-state index contributed by atoms with van der Waals surface area (Å²) >= 11 is 12.9. The Hall–Kier alpha value is -3.61. The third kappa shape index (κ3) is 4.69. The fraction of sp³-hybridized carbons (Fsp3) is 0.115. The molecule has 0 atom stereocenters. The topological polar surface area (TPSA) is 73.2 Å². The van der Waals surface area contributed by atoms with E-state index < -0.39 is 5.97 Å². The van der Waals surface area contributed by atoms with Gasteiger partial charge in [0.2, 0.25) is 5.91 Å². The molecule has 6 nitrogen and oxygen atoms in total. The van der Waals surface area contributed by atoms with Gasteiger partial charge in [0.05, 0.1) is 22.8 Å². The van der Waals surface area contributed by atoms with E-state index in [9.17, 15) is 9.59 Å². The number of aryl methyl sites for hydroxylation is 1. The number of carbonyl (C=O) groups excluding carboxylic acids is 2. The smallest absolute Gasteiger partial charge is 0.358 e. The lowest BCUT2D eigenvalue weighted by molar-refractivity contribution is -0.114. The number of aromatic nitrogens is 2. The van der Waals surface area contributed by atoms with Crippen LogP contribution in [0.5, 0.6) is 0 Å². The maximum atomic E-state index is 12.2. The summed E-state index contributed by atoms with van der Waals surface area (Å²) in [4.78, 5) is 23.7. The van der Waals surface area contributed by atoms with Crippen LogP contribution >= 0.6 is 23.2 Å². The molecule has 34 heavy (non-hydrogen) atoms. The summed E-state index contributed by atoms with van der Waals surface area (Å²) in [7, 11) is 1.30. The van der Waals surface area contributed by atoms with Gasteiger partial charge in [-0.3, -0.25) is 4.79 Å². The fourth-order valence-corrected chi connectivity index (χ4v) is 4.31. The number of halogens is 2. The molecule has 0 spiro atoms. The first-order valence-electron chi connectivity index (χ1n) is 10.4. The number of methoxy groups -OCH3 is 1. The van der Waals surface area contributed by atoms with Crippen LogP contribution in [0.4, 0.5) is 5.69 Å². The first kappa shape index (κ1) is 23.5. The van der Waals surface area contributed by atoms with Gasteiger partial charge in [0.15, 0.2) is 5.69 Å². The second-order valence-corrected chi connectivity index (χ2v) is 8.49. The first-order chi connectivity index (χ1) is 16.3. The number of carbonyl (C=O) groups is 2. The average Bonchev–Trinajstić information content (AvgIpc) is 3.22. The molecule has 172 valence electrons. The Balaban J connectivity index is 1.83. The zero-order valence-corrected chi connectivity index (χ0v) is 20.2. The number of ether oxygens (including phenoxy) is 1. The Labute approximate surface area is 207 Å². The highest BCUT2D eigenvalue weighted by atomic mass is 35.5. The second-order valence-electron chi connectivity index (χ2n) is 7.68. The van der Waals surface area contributed by atoms with Crippen LogP contribution in [0.3, 0.4) is 0 Å². The van der Waals surface area contributed by atoms with E-state index in [1.807, 2.05) is 49.4 Å². The van der Waals surface area contributed by atoms with Crippen LogP contribution in [0.15, 0.2) is 66.7 Å². The molecule has 0 bridgehead atoms. The van der Waals surface area contributed by atoms with Crippen LogP contribution in [0.25, 0.3) is 28.1 Å². The molecule has 8 heteroatoms. The van der Waals surface area contributed by atoms with E-state index in [1.165, 1.54) is 14.0 Å². The van der Waals surface area contributed by atoms with Gasteiger partial charge in [-0.15, -0.1) is 0 Å². The lowest BCUT2D eigenvalue weighted by atomic mass is 9.97. The molecule has 0 aliphatic carbocycles. The normalized spacial score (nSPS) is 10.7. The number of benzene rings is 3. The van der Waals surface area contributed by atoms with E-state index in [0.717, 1.165) is 27.9 Å². The average molecular weight is 494 g/mol. The van der Waals surface area contributed by atoms with Crippen molar-refractivity contribution in [3.63, 3.8) is 0 Å². The number of nitrogens with zero attached hydrogens (tertiary/aromatic N) is 2. The van der Waals surface area contributed by atoms with Gasteiger partial charge in [-0.2, -0.15) is 5.10 Å². The molecule has 4 rings (SSSR count). The number of para-hydroxylation sites is 1. The molecule has 1 amide bonds. The van der Waals surface area contributed by atoms with Crippen molar-refractivity contribution < 1.29 is 14.3 Å². The molecule has 0 unspecified atom stereocenters. The summed E-state index contributed by atoms with van der Waals surface area (Å²) < 4.78 is 6.44. The monoisotopic (exact) mass is 493 g/mol. The Morgan fingerprint density at radius 2 is 1.62 bits per heavy atom. The predicted octanol–water partition coefficient (Wildman–Crippen LogP) is 6.57. The van der Waals surface area contributed by atoms with Gasteiger partial charge in [0.1, 0.15) is 5.69 Å². The third-order valence-electron chi connectivity index (χ3n) is 5.27. The third-order valence-corrected chi connectivity index (χ3v) is 5.88. The molecule has 4 aromatic rings. The highest BCUT2D eigenvalue weighted by Gasteiger charge is 2.21. The van der Waals surface area contributed by atoms with Crippen molar-refractivity contribution in [2.75, 3.05) is 12.4 Å². The van der Waals surface area contributed by atoms with Gasteiger partial charge in [-0.25, -0.2) is 9.48 Å². The standard InChI is InChI=1S/C26H21Cl2N3O3/c1-15-12-18(17-6-4-7-19(13-17)29-16(2)32)10-11-20(15)24-14-23(26(33)34-3)30-31(24)25-21(27)8-5-9-22(25)28/h4-14H,1-3H3,(H,29,32). The molecule has 1 N–H and O–H groups in total. The minimum atomic E-state index is -0.563. The number of esters is 1. The van der Waals surface area contributed by atoms with Crippen molar-refractivity contribution in [2.45, 2.75) is 13.8 Å². The fourth-order valence-electron chi connectivity index (χ4n) is 3.75. The number of anilines is 1. The summed E-state index contributed by atoms with van der Waals surface area (Å²) in [5.41, 5.74) is 5.71. The Morgan fingerprint density at radius 1 is 0.941 bits per heavy atom. The van der Waals surface area contributed by atoms with Gasteiger partial charge in [0.25, 0.3) is 0 Å². The zero-order valence-electron chi connectivity index (χ0n) is 18.7. The summed E-state index contributed by atoms with van der Waals surface area (Å²) in [6.45, 7) is 3.45. The van der Waals surface area contributed by atoms with Crippen LogP contribution in [0.1, 0.15) is 23.0 Å². The van der Waals surface area contributed by atoms with Gasteiger partial charge in [-0.1, -0.05) is 59.6 Å². The Bertz CT molecular complexity index is 1390. The number of hydrogen-bond acceptors (Lipinski definition) is 4. The number of amides is 1. The van der Waals surface area contributed by atoms with Crippen molar-refractivity contribution in [2.24, 2.45) is 0 Å². The van der Waals surface area contributed by atoms with Crippen LogP contribution in [0.2, 0.25) is 10.0 Å². The molecule has 0 saturated heterocycles. The summed E-state index contributed by atoms with van der Waals surface area (Å²) in [6, 6.07) is 20.4. The minimum absolute atomic E-state index is 0.128. The van der Waals surface area contributed by atoms with E-state index in [2.05, 4.69) is 10.4 Å². The van der Waals surface area contributed by atoms with E-state index in [0.29, 0.717) is 21.4 Å². The molecule has 3 aromatic carbocycles. The molecule has 0 aliphatic rings. The molecular weight excluding hydrogens is 473 g/mol. The largest absolute Gasteiger partial charge is 0.464 e. The van der Waals surface area contributed by atoms with E-state index in [4.69, 9.17) is 27.9 Å². The first-order valence-corrected chi connectivity index (χ1v) is 11.2. The highest BCUT2D eigenvalue weighted by Crippen LogP contribution is 2.35. The summed E-state index contributed by atoms with van der Waals surface area (Å²) in [6.07, 6.45) is 0. The maximum absolute atomic E-state index is 12.2. The van der Waals surface area contributed by atoms with Crippen molar-refractivity contribution in [1.29, 1.82) is 0 Å². The molecule has 1 heterocycles. The van der Waals surface area contributed by atoms with Crippen LogP contribution < -0.4 is 5.32 Å². The van der Waals surface area contributed by atoms with E-state index in [1.54, 1.807) is 28.9 Å². The van der Waals surface area contributed by atoms with Gasteiger partial charge >= 0.3 is 5.97 Å². The van der Waals surface area contributed by atoms with Crippen molar-refractivity contribution in [3.05, 3.63) is 88.0 Å². The number of hydrogen-bond donors (Lipinski definition) is 1. The van der Waals surface area contributed by atoms with Gasteiger partial charge < -0.3 is 10.1 Å². The van der Waals surface area contributed by atoms with E-state index in [-0.39, 0.29) is 11.6 Å². The van der Waals surface area contributed by atoms with E-state index >= 15 is 0 Å². The lowest BCUT2D eigenvalue weighted by Crippen LogP contribution is -2.05. The van der Waals surface area contributed by atoms with Gasteiger partial charge in [-0.05, 0) is 53.9 Å². The number of nitrogens with one attached hydrogen (secondary N) is 1. The minimum Gasteiger partial charge on any atom is -0.464 e. The van der Waals surface area contributed by atoms with Crippen LogP contribution in [-0.4, -0.2) is 28.8 Å². The Morgan fingerprint density at radius 3 is 2.26 bits per heavy atom. The second kappa shape index (κ2) is 9.71. The summed E-state index contributed by atoms with van der Waals surface area (Å²) in [5, 5.41) is 8.05. The highest BCUT2D eigenvalue weighted by molar-refractivity contribution is 6.37. The molecule has 0 aliphatic heterocycles. The van der Waals surface area contributed by atoms with Crippen molar-refractivity contribution in [3.8, 4) is 28.1 Å². The summed E-state index contributed by atoms with van der Waals surface area (Å²) in [5.74, 6) is -0.691. The van der Waals surface area contributed by atoms with Gasteiger partial charge in [0, 0.05) is 18.2 Å². The van der Waals surface area contributed by atoms with Crippen molar-refractivity contribution >= 4 is 40.8 Å². The lowest BCUT2D eigenvalue weighted by Gasteiger charge is -2.14. The predicted molar refractivity (Wildman–Crippen MR) is 135 cm³/mol. The Kier molecular flexibility index (Phi) is 6.72.